The van der Waals surface area contributed by atoms with Crippen molar-refractivity contribution in [1.82, 2.24) is 10.2 Å². The molecule has 0 radical (unpaired) electrons. The quantitative estimate of drug-likeness (QED) is 0.744. The van der Waals surface area contributed by atoms with Gasteiger partial charge in [0.2, 0.25) is 18.6 Å². The Kier molecular flexibility index (Phi) is 3.94. The van der Waals surface area contributed by atoms with Crippen molar-refractivity contribution in [3.63, 3.8) is 0 Å². The lowest BCUT2D eigenvalue weighted by atomic mass is 9.77. The monoisotopic (exact) mass is 424 g/mol. The van der Waals surface area contributed by atoms with Crippen molar-refractivity contribution in [1.29, 1.82) is 0 Å². The molecule has 1 spiro atoms. The van der Waals surface area contributed by atoms with Crippen molar-refractivity contribution in [3.8, 4) is 11.5 Å². The Balaban J connectivity index is 1.18. The minimum absolute atomic E-state index is 0.00141. The Morgan fingerprint density at radius 1 is 1.27 bits per heavy atom. The summed E-state index contributed by atoms with van der Waals surface area (Å²) in [5.74, 6) is 0.260. The summed E-state index contributed by atoms with van der Waals surface area (Å²) in [6.07, 6.45) is 3.57. The van der Waals surface area contributed by atoms with E-state index in [-0.39, 0.29) is 24.7 Å². The fourth-order valence-electron chi connectivity index (χ4n) is 4.96. The van der Waals surface area contributed by atoms with Gasteiger partial charge in [-0.25, -0.2) is 0 Å². The predicted molar refractivity (Wildman–Crippen MR) is 108 cm³/mol. The van der Waals surface area contributed by atoms with Crippen molar-refractivity contribution < 1.29 is 23.8 Å². The Hall–Kier alpha value is -2.84. The zero-order chi connectivity index (χ0) is 20.3. The summed E-state index contributed by atoms with van der Waals surface area (Å²) in [4.78, 5) is 29.3. The minimum Gasteiger partial charge on any atom is -0.454 e. The highest BCUT2D eigenvalue weighted by Crippen LogP contribution is 2.52. The van der Waals surface area contributed by atoms with Gasteiger partial charge in [-0.05, 0) is 29.1 Å². The molecule has 0 saturated carbocycles. The topological polar surface area (TPSA) is 77.1 Å². The molecule has 7 nitrogen and oxygen atoms in total. The van der Waals surface area contributed by atoms with Crippen LogP contribution < -0.4 is 14.8 Å². The molecule has 4 atom stereocenters. The molecular formula is C22H20N2O5S. The van der Waals surface area contributed by atoms with Crippen molar-refractivity contribution in [3.05, 3.63) is 58.3 Å². The lowest BCUT2D eigenvalue weighted by molar-refractivity contribution is -0.137. The number of nitrogens with zero attached hydrogens (tertiary/aromatic N) is 1. The van der Waals surface area contributed by atoms with E-state index in [1.165, 1.54) is 0 Å². The third-order valence-corrected chi connectivity index (χ3v) is 7.17. The molecule has 4 aliphatic rings. The molecule has 1 N–H and O–H groups in total. The highest BCUT2D eigenvalue weighted by atomic mass is 32.1. The Morgan fingerprint density at radius 2 is 2.17 bits per heavy atom. The van der Waals surface area contributed by atoms with E-state index in [0.29, 0.717) is 31.1 Å². The second-order valence-electron chi connectivity index (χ2n) is 8.08. The van der Waals surface area contributed by atoms with Crippen LogP contribution >= 0.6 is 11.3 Å². The van der Waals surface area contributed by atoms with Gasteiger partial charge < -0.3 is 24.4 Å². The minimum atomic E-state index is -0.681. The van der Waals surface area contributed by atoms with E-state index >= 15 is 0 Å². The molecule has 0 aliphatic carbocycles. The van der Waals surface area contributed by atoms with Crippen LogP contribution in [0.1, 0.15) is 10.4 Å². The number of likely N-dealkylation sites (tertiary alicyclic amines) is 1. The number of rotatable bonds is 5. The molecule has 1 aromatic heterocycles. The molecule has 2 amide bonds. The standard InChI is InChI=1S/C22H20N2O5S/c25-20(23-9-13-3-4-15-17(8-13)28-12-27-15)18-16-5-6-22(29-16)11-24(21(26)19(18)22)10-14-2-1-7-30-14/h1-8,16,18-19H,9-12H2,(H,23,25). The zero-order valence-electron chi connectivity index (χ0n) is 16.1. The Morgan fingerprint density at radius 3 is 3.03 bits per heavy atom. The average molecular weight is 424 g/mol. The second kappa shape index (κ2) is 6.58. The predicted octanol–water partition coefficient (Wildman–Crippen LogP) is 2.08. The Bertz CT molecular complexity index is 1050. The van der Waals surface area contributed by atoms with Crippen molar-refractivity contribution in [2.75, 3.05) is 13.3 Å². The first kappa shape index (κ1) is 18.0. The number of amides is 2. The molecule has 5 heterocycles. The molecule has 2 saturated heterocycles. The van der Waals surface area contributed by atoms with Crippen LogP contribution in [0.3, 0.4) is 0 Å². The number of carbonyl (C=O) groups is 2. The largest absolute Gasteiger partial charge is 0.454 e. The number of ether oxygens (including phenoxy) is 3. The van der Waals surface area contributed by atoms with Crippen LogP contribution in [0.25, 0.3) is 0 Å². The van der Waals surface area contributed by atoms with Crippen molar-refractivity contribution in [2.24, 2.45) is 11.8 Å². The summed E-state index contributed by atoms with van der Waals surface area (Å²) in [6.45, 7) is 1.62. The van der Waals surface area contributed by atoms with Gasteiger partial charge in [0.1, 0.15) is 5.60 Å². The van der Waals surface area contributed by atoms with E-state index < -0.39 is 17.4 Å². The Labute approximate surface area is 177 Å². The van der Waals surface area contributed by atoms with Crippen molar-refractivity contribution >= 4 is 23.2 Å². The number of benzene rings is 1. The number of thiophene rings is 1. The molecule has 2 bridgehead atoms. The fourth-order valence-corrected chi connectivity index (χ4v) is 5.68. The van der Waals surface area contributed by atoms with Crippen molar-refractivity contribution in [2.45, 2.75) is 24.8 Å². The lowest BCUT2D eigenvalue weighted by Crippen LogP contribution is -2.43. The summed E-state index contributed by atoms with van der Waals surface area (Å²) in [5.41, 5.74) is 0.235. The third-order valence-electron chi connectivity index (χ3n) is 6.31. The summed E-state index contributed by atoms with van der Waals surface area (Å²) in [6, 6.07) is 9.60. The van der Waals surface area contributed by atoms with Gasteiger partial charge in [0.25, 0.3) is 0 Å². The average Bonchev–Trinajstić information content (AvgIpc) is 3.55. The first-order chi connectivity index (χ1) is 14.6. The van der Waals surface area contributed by atoms with Crippen LogP contribution in [0, 0.1) is 11.8 Å². The molecule has 1 aromatic carbocycles. The van der Waals surface area contributed by atoms with Gasteiger partial charge in [0, 0.05) is 11.4 Å². The number of fused-ring (bicyclic) bond motifs is 2. The SMILES string of the molecule is O=C(NCc1ccc2c(c1)OCO2)C1C2C=CC3(CN(Cc4cccs4)C(=O)C13)O2. The zero-order valence-corrected chi connectivity index (χ0v) is 16.9. The maximum absolute atomic E-state index is 13.2. The van der Waals surface area contributed by atoms with Gasteiger partial charge in [0.15, 0.2) is 11.5 Å². The van der Waals surface area contributed by atoms with E-state index in [9.17, 15) is 9.59 Å². The molecule has 2 aromatic rings. The van der Waals surface area contributed by atoms with Crippen LogP contribution in [0.4, 0.5) is 0 Å². The van der Waals surface area contributed by atoms with E-state index in [2.05, 4.69) is 5.32 Å². The van der Waals surface area contributed by atoms with Crippen LogP contribution in [0.2, 0.25) is 0 Å². The highest BCUT2D eigenvalue weighted by Gasteiger charge is 2.66. The van der Waals surface area contributed by atoms with E-state index in [1.54, 1.807) is 11.3 Å². The summed E-state index contributed by atoms with van der Waals surface area (Å²) >= 11 is 1.63. The molecule has 154 valence electrons. The first-order valence-electron chi connectivity index (χ1n) is 9.98. The van der Waals surface area contributed by atoms with Crippen LogP contribution in [0.15, 0.2) is 47.9 Å². The summed E-state index contributed by atoms with van der Waals surface area (Å²) in [5, 5.41) is 4.99. The van der Waals surface area contributed by atoms with Gasteiger partial charge in [-0.1, -0.05) is 24.3 Å². The normalized spacial score (nSPS) is 30.2. The molecule has 4 unspecified atom stereocenters. The van der Waals surface area contributed by atoms with Crippen LogP contribution in [-0.2, 0) is 27.4 Å². The van der Waals surface area contributed by atoms with E-state index in [0.717, 1.165) is 10.4 Å². The molecular weight excluding hydrogens is 404 g/mol. The molecule has 8 heteroatoms. The highest BCUT2D eigenvalue weighted by molar-refractivity contribution is 7.09. The van der Waals surface area contributed by atoms with Gasteiger partial charge in [-0.2, -0.15) is 0 Å². The first-order valence-corrected chi connectivity index (χ1v) is 10.9. The van der Waals surface area contributed by atoms with Gasteiger partial charge in [-0.15, -0.1) is 11.3 Å². The smallest absolute Gasteiger partial charge is 0.231 e. The number of nitrogens with one attached hydrogen (secondary N) is 1. The van der Waals surface area contributed by atoms with Crippen LogP contribution in [0.5, 0.6) is 11.5 Å². The van der Waals surface area contributed by atoms with Gasteiger partial charge in [0.05, 0.1) is 31.0 Å². The summed E-state index contributed by atoms with van der Waals surface area (Å²) in [7, 11) is 0. The number of hydrogen-bond acceptors (Lipinski definition) is 6. The fraction of sp³-hybridized carbons (Fsp3) is 0.364. The maximum atomic E-state index is 13.2. The van der Waals surface area contributed by atoms with E-state index in [4.69, 9.17) is 14.2 Å². The second-order valence-corrected chi connectivity index (χ2v) is 9.11. The number of carbonyl (C=O) groups excluding carboxylic acids is 2. The van der Waals surface area contributed by atoms with E-state index in [1.807, 2.05) is 52.8 Å². The van der Waals surface area contributed by atoms with Gasteiger partial charge >= 0.3 is 0 Å². The molecule has 4 aliphatic heterocycles. The molecule has 6 rings (SSSR count). The van der Waals surface area contributed by atoms with Crippen LogP contribution in [-0.4, -0.2) is 41.8 Å². The molecule has 30 heavy (non-hydrogen) atoms. The third kappa shape index (κ3) is 2.67. The summed E-state index contributed by atoms with van der Waals surface area (Å²) < 4.78 is 16.9. The maximum Gasteiger partial charge on any atom is 0.231 e. The number of hydrogen-bond donors (Lipinski definition) is 1. The molecule has 2 fully saturated rings. The lowest BCUT2D eigenvalue weighted by Gasteiger charge is -2.23. The van der Waals surface area contributed by atoms with Gasteiger partial charge in [-0.3, -0.25) is 9.59 Å².